The number of urea groups is 1. The lowest BCUT2D eigenvalue weighted by molar-refractivity contribution is -0.137. The van der Waals surface area contributed by atoms with Gasteiger partial charge >= 0.3 is 12.0 Å². The van der Waals surface area contributed by atoms with Crippen molar-refractivity contribution < 1.29 is 19.4 Å². The van der Waals surface area contributed by atoms with Crippen LogP contribution < -0.4 is 10.6 Å². The molecular weight excluding hydrogens is 248 g/mol. The molecule has 0 radical (unpaired) electrons. The zero-order valence-corrected chi connectivity index (χ0v) is 11.5. The van der Waals surface area contributed by atoms with Gasteiger partial charge in [-0.3, -0.25) is 4.79 Å². The van der Waals surface area contributed by atoms with Gasteiger partial charge in [-0.1, -0.05) is 13.0 Å². The predicted molar refractivity (Wildman–Crippen MR) is 73.1 cm³/mol. The Labute approximate surface area is 114 Å². The fraction of sp³-hybridized carbons (Fsp3) is 0.692. The largest absolute Gasteiger partial charge is 0.481 e. The molecule has 0 rings (SSSR count). The summed E-state index contributed by atoms with van der Waals surface area (Å²) in [6, 6.07) is -0.255. The Morgan fingerprint density at radius 3 is 2.74 bits per heavy atom. The number of aliphatic carboxylic acids is 1. The molecule has 0 bridgehead atoms. The van der Waals surface area contributed by atoms with E-state index < -0.39 is 5.97 Å². The molecule has 0 fully saturated rings. The number of carboxylic acid groups (broad SMARTS) is 1. The van der Waals surface area contributed by atoms with Gasteiger partial charge in [0.1, 0.15) is 0 Å². The molecule has 2 amide bonds. The van der Waals surface area contributed by atoms with Crippen LogP contribution >= 0.6 is 0 Å². The lowest BCUT2D eigenvalue weighted by Gasteiger charge is -2.12. The van der Waals surface area contributed by atoms with Crippen LogP contribution in [0.5, 0.6) is 0 Å². The Morgan fingerprint density at radius 2 is 2.11 bits per heavy atom. The topological polar surface area (TPSA) is 87.7 Å². The molecule has 6 heteroatoms. The molecule has 6 nitrogen and oxygen atoms in total. The van der Waals surface area contributed by atoms with Crippen molar-refractivity contribution in [3.05, 3.63) is 12.7 Å². The molecule has 0 aliphatic rings. The summed E-state index contributed by atoms with van der Waals surface area (Å²) in [7, 11) is 0. The summed E-state index contributed by atoms with van der Waals surface area (Å²) in [4.78, 5) is 21.7. The average Bonchev–Trinajstić information content (AvgIpc) is 2.38. The summed E-state index contributed by atoms with van der Waals surface area (Å²) in [5, 5.41) is 13.9. The third-order valence-electron chi connectivity index (χ3n) is 2.46. The van der Waals surface area contributed by atoms with E-state index in [0.717, 1.165) is 6.42 Å². The highest BCUT2D eigenvalue weighted by molar-refractivity contribution is 5.73. The molecule has 0 spiro atoms. The third kappa shape index (κ3) is 12.7. The van der Waals surface area contributed by atoms with E-state index in [0.29, 0.717) is 32.7 Å². The van der Waals surface area contributed by atoms with E-state index in [9.17, 15) is 9.59 Å². The highest BCUT2D eigenvalue weighted by atomic mass is 16.5. The van der Waals surface area contributed by atoms with E-state index in [1.807, 2.05) is 6.92 Å². The van der Waals surface area contributed by atoms with Crippen LogP contribution in [0, 0.1) is 5.92 Å². The first-order valence-electron chi connectivity index (χ1n) is 6.48. The molecule has 0 aliphatic carbocycles. The molecule has 1 atom stereocenters. The van der Waals surface area contributed by atoms with Gasteiger partial charge in [-0.25, -0.2) is 4.79 Å². The standard InChI is InChI=1S/C13H24N2O4/c1-3-4-8-19-9-7-14-13(18)15-10-11(2)5-6-12(16)17/h3,11H,1,4-10H2,2H3,(H,16,17)(H2,14,15,18). The number of hydrogen-bond acceptors (Lipinski definition) is 3. The van der Waals surface area contributed by atoms with Crippen LogP contribution in [-0.2, 0) is 9.53 Å². The van der Waals surface area contributed by atoms with Crippen molar-refractivity contribution in [3.8, 4) is 0 Å². The van der Waals surface area contributed by atoms with Gasteiger partial charge < -0.3 is 20.5 Å². The van der Waals surface area contributed by atoms with Crippen LogP contribution in [0.15, 0.2) is 12.7 Å². The maximum absolute atomic E-state index is 11.4. The quantitative estimate of drug-likeness (QED) is 0.391. The number of ether oxygens (including phenoxy) is 1. The van der Waals surface area contributed by atoms with Gasteiger partial charge in [0.05, 0.1) is 13.2 Å². The fourth-order valence-corrected chi connectivity index (χ4v) is 1.31. The molecule has 19 heavy (non-hydrogen) atoms. The maximum Gasteiger partial charge on any atom is 0.314 e. The number of carboxylic acids is 1. The SMILES string of the molecule is C=CCCOCCNC(=O)NCC(C)CCC(=O)O. The number of hydrogen-bond donors (Lipinski definition) is 3. The Kier molecular flexibility index (Phi) is 10.6. The predicted octanol–water partition coefficient (Wildman–Crippen LogP) is 1.38. The molecular formula is C13H24N2O4. The van der Waals surface area contributed by atoms with Gasteiger partial charge in [0, 0.05) is 19.5 Å². The van der Waals surface area contributed by atoms with Gasteiger partial charge in [0.15, 0.2) is 0 Å². The normalized spacial score (nSPS) is 11.6. The number of carbonyl (C=O) groups is 2. The van der Waals surface area contributed by atoms with Crippen molar-refractivity contribution in [1.29, 1.82) is 0 Å². The molecule has 1 unspecified atom stereocenters. The lowest BCUT2D eigenvalue weighted by atomic mass is 10.1. The van der Waals surface area contributed by atoms with E-state index >= 15 is 0 Å². The van der Waals surface area contributed by atoms with Gasteiger partial charge in [0.25, 0.3) is 0 Å². The van der Waals surface area contributed by atoms with Crippen molar-refractivity contribution in [2.75, 3.05) is 26.3 Å². The molecule has 0 aromatic rings. The Hall–Kier alpha value is -1.56. The third-order valence-corrected chi connectivity index (χ3v) is 2.46. The summed E-state index contributed by atoms with van der Waals surface area (Å²) in [6.07, 6.45) is 3.26. The van der Waals surface area contributed by atoms with Crippen molar-refractivity contribution >= 4 is 12.0 Å². The number of amides is 2. The number of carbonyl (C=O) groups excluding carboxylic acids is 1. The molecule has 0 saturated carbocycles. The first-order chi connectivity index (χ1) is 9.06. The van der Waals surface area contributed by atoms with Crippen molar-refractivity contribution in [2.45, 2.75) is 26.2 Å². The summed E-state index contributed by atoms with van der Waals surface area (Å²) in [5.74, 6) is -0.668. The lowest BCUT2D eigenvalue weighted by Crippen LogP contribution is -2.39. The van der Waals surface area contributed by atoms with E-state index in [1.54, 1.807) is 6.08 Å². The molecule has 110 valence electrons. The van der Waals surface area contributed by atoms with Crippen molar-refractivity contribution in [2.24, 2.45) is 5.92 Å². The van der Waals surface area contributed by atoms with Crippen LogP contribution in [0.3, 0.4) is 0 Å². The highest BCUT2D eigenvalue weighted by Gasteiger charge is 2.07. The smallest absolute Gasteiger partial charge is 0.314 e. The molecule has 0 aromatic heterocycles. The van der Waals surface area contributed by atoms with Crippen LogP contribution in [0.2, 0.25) is 0 Å². The highest BCUT2D eigenvalue weighted by Crippen LogP contribution is 2.03. The van der Waals surface area contributed by atoms with Crippen LogP contribution in [0.25, 0.3) is 0 Å². The van der Waals surface area contributed by atoms with Gasteiger partial charge in [-0.2, -0.15) is 0 Å². The van der Waals surface area contributed by atoms with E-state index in [1.165, 1.54) is 0 Å². The molecule has 0 heterocycles. The first kappa shape index (κ1) is 17.4. The van der Waals surface area contributed by atoms with Gasteiger partial charge in [-0.05, 0) is 18.8 Å². The van der Waals surface area contributed by atoms with Gasteiger partial charge in [0.2, 0.25) is 0 Å². The Balaban J connectivity index is 3.43. The second-order valence-corrected chi connectivity index (χ2v) is 4.36. The van der Waals surface area contributed by atoms with Crippen molar-refractivity contribution in [3.63, 3.8) is 0 Å². The van der Waals surface area contributed by atoms with E-state index in [-0.39, 0.29) is 18.4 Å². The second kappa shape index (κ2) is 11.5. The minimum absolute atomic E-state index is 0.127. The van der Waals surface area contributed by atoms with Crippen LogP contribution in [0.1, 0.15) is 26.2 Å². The second-order valence-electron chi connectivity index (χ2n) is 4.36. The Morgan fingerprint density at radius 1 is 1.37 bits per heavy atom. The van der Waals surface area contributed by atoms with E-state index in [2.05, 4.69) is 17.2 Å². The summed E-state index contributed by atoms with van der Waals surface area (Å²) in [5.41, 5.74) is 0. The molecule has 3 N–H and O–H groups in total. The average molecular weight is 272 g/mol. The maximum atomic E-state index is 11.4. The summed E-state index contributed by atoms with van der Waals surface area (Å²) in [6.45, 7) is 7.48. The Bertz CT molecular complexity index is 282. The van der Waals surface area contributed by atoms with Crippen LogP contribution in [-0.4, -0.2) is 43.4 Å². The van der Waals surface area contributed by atoms with Crippen LogP contribution in [0.4, 0.5) is 4.79 Å². The molecule has 0 aliphatic heterocycles. The summed E-state index contributed by atoms with van der Waals surface area (Å²) >= 11 is 0. The number of nitrogens with one attached hydrogen (secondary N) is 2. The fourth-order valence-electron chi connectivity index (χ4n) is 1.31. The zero-order valence-electron chi connectivity index (χ0n) is 11.5. The minimum atomic E-state index is -0.812. The number of rotatable bonds is 11. The summed E-state index contributed by atoms with van der Waals surface area (Å²) < 4.78 is 5.24. The molecule has 0 aromatic carbocycles. The van der Waals surface area contributed by atoms with E-state index in [4.69, 9.17) is 9.84 Å². The monoisotopic (exact) mass is 272 g/mol. The van der Waals surface area contributed by atoms with Crippen molar-refractivity contribution in [1.82, 2.24) is 10.6 Å². The van der Waals surface area contributed by atoms with Gasteiger partial charge in [-0.15, -0.1) is 6.58 Å². The minimum Gasteiger partial charge on any atom is -0.481 e. The molecule has 0 saturated heterocycles. The zero-order chi connectivity index (χ0) is 14.5. The first-order valence-corrected chi connectivity index (χ1v) is 6.48.